The number of ketones is 1. The van der Waals surface area contributed by atoms with Crippen molar-refractivity contribution in [2.24, 2.45) is 0 Å². The molecule has 3 aromatic carbocycles. The molecule has 5 heterocycles. The first-order valence-corrected chi connectivity index (χ1v) is 22.7. The molecule has 4 amide bonds. The molecular formula is C49H57N9O5. The number of hydrogen-bond donors (Lipinski definition) is 4. The third-order valence-electron chi connectivity index (χ3n) is 14.2. The molecule has 4 N–H and O–H groups in total. The molecule has 5 aliphatic rings. The molecule has 1 aliphatic carbocycles. The smallest absolute Gasteiger partial charge is 0.255 e. The van der Waals surface area contributed by atoms with E-state index in [0.717, 1.165) is 116 Å². The number of aromatic amines is 1. The first-order valence-electron chi connectivity index (χ1n) is 22.7. The predicted molar refractivity (Wildman–Crippen MR) is 241 cm³/mol. The Morgan fingerprint density at radius 3 is 2.44 bits per heavy atom. The molecule has 1 atom stereocenters. The highest BCUT2D eigenvalue weighted by atomic mass is 16.2. The van der Waals surface area contributed by atoms with Gasteiger partial charge in [-0.05, 0) is 86.1 Å². The van der Waals surface area contributed by atoms with Crippen molar-refractivity contribution in [3.05, 3.63) is 93.2 Å². The molecule has 4 aromatic rings. The SMILES string of the molecule is CCc1cc2c(cc1N1CCC(N3CCN(CC(=O)NCCCCNc4cccc5c4CN(C4CCC(=O)NC4=O)C5=O)CC3)CC1)C(C)(C)c1[nH]c3cc(C#N)ccc3c1C2=O. The van der Waals surface area contributed by atoms with Crippen LogP contribution in [0.2, 0.25) is 0 Å². The number of carbonyl (C=O) groups is 5. The van der Waals surface area contributed by atoms with E-state index in [2.05, 4.69) is 74.6 Å². The number of nitriles is 1. The molecule has 0 spiro atoms. The van der Waals surface area contributed by atoms with Gasteiger partial charge in [-0.25, -0.2) is 0 Å². The minimum atomic E-state index is -0.641. The topological polar surface area (TPSA) is 174 Å². The van der Waals surface area contributed by atoms with E-state index in [1.54, 1.807) is 17.0 Å². The average Bonchev–Trinajstić information content (AvgIpc) is 3.85. The number of aryl methyl sites for hydroxylation is 1. The molecule has 14 heteroatoms. The van der Waals surface area contributed by atoms with Gasteiger partial charge < -0.3 is 25.4 Å². The van der Waals surface area contributed by atoms with Crippen LogP contribution in [0.5, 0.6) is 0 Å². The maximum atomic E-state index is 14.1. The number of carbonyl (C=O) groups excluding carboxylic acids is 5. The lowest BCUT2D eigenvalue weighted by Gasteiger charge is -2.44. The van der Waals surface area contributed by atoms with Gasteiger partial charge in [-0.3, -0.25) is 39.1 Å². The van der Waals surface area contributed by atoms with Gasteiger partial charge >= 0.3 is 0 Å². The number of aromatic nitrogens is 1. The van der Waals surface area contributed by atoms with Crippen LogP contribution in [0.25, 0.3) is 10.9 Å². The Bertz CT molecular complexity index is 2540. The number of fused-ring (bicyclic) bond motifs is 5. The van der Waals surface area contributed by atoms with E-state index in [1.165, 1.54) is 11.3 Å². The van der Waals surface area contributed by atoms with Crippen LogP contribution in [-0.4, -0.2) is 120 Å². The van der Waals surface area contributed by atoms with E-state index in [-0.39, 0.29) is 29.9 Å². The van der Waals surface area contributed by atoms with Crippen molar-refractivity contribution in [3.8, 4) is 6.07 Å². The van der Waals surface area contributed by atoms with Crippen LogP contribution in [0, 0.1) is 11.3 Å². The number of piperidine rings is 2. The van der Waals surface area contributed by atoms with Crippen LogP contribution in [0.3, 0.4) is 0 Å². The minimum absolute atomic E-state index is 0.0487. The summed E-state index contributed by atoms with van der Waals surface area (Å²) in [4.78, 5) is 76.7. The van der Waals surface area contributed by atoms with E-state index in [1.807, 2.05) is 24.3 Å². The third-order valence-corrected chi connectivity index (χ3v) is 14.2. The Labute approximate surface area is 368 Å². The Kier molecular flexibility index (Phi) is 11.6. The second kappa shape index (κ2) is 17.3. The fourth-order valence-electron chi connectivity index (χ4n) is 10.6. The second-order valence-electron chi connectivity index (χ2n) is 18.3. The van der Waals surface area contributed by atoms with E-state index in [4.69, 9.17) is 0 Å². The normalized spacial score (nSPS) is 20.3. The molecule has 14 nitrogen and oxygen atoms in total. The molecule has 3 saturated heterocycles. The Morgan fingerprint density at radius 2 is 1.70 bits per heavy atom. The monoisotopic (exact) mass is 851 g/mol. The van der Waals surface area contributed by atoms with Gasteiger partial charge in [0.1, 0.15) is 6.04 Å². The summed E-state index contributed by atoms with van der Waals surface area (Å²) in [7, 11) is 0. The lowest BCUT2D eigenvalue weighted by molar-refractivity contribution is -0.137. The molecule has 0 saturated carbocycles. The van der Waals surface area contributed by atoms with Gasteiger partial charge in [0.15, 0.2) is 5.78 Å². The van der Waals surface area contributed by atoms with Gasteiger partial charge in [0.05, 0.1) is 23.7 Å². The molecule has 4 aliphatic heterocycles. The number of nitrogens with one attached hydrogen (secondary N) is 4. The third kappa shape index (κ3) is 7.97. The summed E-state index contributed by atoms with van der Waals surface area (Å²) in [5.41, 5.74) is 9.20. The highest BCUT2D eigenvalue weighted by molar-refractivity contribution is 6.20. The highest BCUT2D eigenvalue weighted by Gasteiger charge is 2.42. The summed E-state index contributed by atoms with van der Waals surface area (Å²) in [6, 6.07) is 17.6. The van der Waals surface area contributed by atoms with Crippen LogP contribution in [0.15, 0.2) is 48.5 Å². The van der Waals surface area contributed by atoms with Crippen molar-refractivity contribution in [1.82, 2.24) is 30.3 Å². The first-order chi connectivity index (χ1) is 30.4. The largest absolute Gasteiger partial charge is 0.385 e. The molecule has 0 bridgehead atoms. The molecule has 9 rings (SSSR count). The number of nitrogens with zero attached hydrogens (tertiary/aromatic N) is 5. The molecule has 1 aromatic heterocycles. The van der Waals surface area contributed by atoms with Crippen LogP contribution >= 0.6 is 0 Å². The molecule has 1 unspecified atom stereocenters. The molecule has 0 radical (unpaired) electrons. The quantitative estimate of drug-likeness (QED) is 0.114. The van der Waals surface area contributed by atoms with Gasteiger partial charge in [-0.2, -0.15) is 5.26 Å². The second-order valence-corrected chi connectivity index (χ2v) is 18.3. The number of anilines is 2. The lowest BCUT2D eigenvalue weighted by Crippen LogP contribution is -2.54. The minimum Gasteiger partial charge on any atom is -0.385 e. The number of unbranched alkanes of at least 4 members (excludes halogenated alkanes) is 1. The first kappa shape index (κ1) is 42.3. The summed E-state index contributed by atoms with van der Waals surface area (Å²) in [6.07, 6.45) is 5.19. The van der Waals surface area contributed by atoms with Crippen LogP contribution in [-0.2, 0) is 32.8 Å². The van der Waals surface area contributed by atoms with E-state index in [9.17, 15) is 29.2 Å². The number of benzene rings is 3. The fraction of sp³-hybridized carbons (Fsp3) is 0.469. The molecular weight excluding hydrogens is 795 g/mol. The van der Waals surface area contributed by atoms with Crippen LogP contribution < -0.4 is 20.9 Å². The average molecular weight is 852 g/mol. The maximum Gasteiger partial charge on any atom is 0.255 e. The van der Waals surface area contributed by atoms with Crippen molar-refractivity contribution in [1.29, 1.82) is 5.26 Å². The van der Waals surface area contributed by atoms with Crippen molar-refractivity contribution in [2.45, 2.75) is 89.8 Å². The van der Waals surface area contributed by atoms with Crippen molar-refractivity contribution in [2.75, 3.05) is 69.1 Å². The highest BCUT2D eigenvalue weighted by Crippen LogP contribution is 2.46. The van der Waals surface area contributed by atoms with Gasteiger partial charge in [0.2, 0.25) is 17.7 Å². The van der Waals surface area contributed by atoms with E-state index < -0.39 is 17.4 Å². The molecule has 328 valence electrons. The van der Waals surface area contributed by atoms with Gasteiger partial charge in [-0.15, -0.1) is 0 Å². The Balaban J connectivity index is 0.710. The Hall–Kier alpha value is -6.04. The predicted octanol–water partition coefficient (Wildman–Crippen LogP) is 4.83. The summed E-state index contributed by atoms with van der Waals surface area (Å²) in [5, 5.41) is 19.3. The zero-order valence-corrected chi connectivity index (χ0v) is 36.6. The number of amides is 4. The summed E-state index contributed by atoms with van der Waals surface area (Å²) in [5.74, 6) is -0.800. The van der Waals surface area contributed by atoms with Crippen molar-refractivity contribution >= 4 is 51.7 Å². The summed E-state index contributed by atoms with van der Waals surface area (Å²) >= 11 is 0. The zero-order chi connectivity index (χ0) is 44.0. The summed E-state index contributed by atoms with van der Waals surface area (Å²) < 4.78 is 0. The summed E-state index contributed by atoms with van der Waals surface area (Å²) in [6.45, 7) is 14.1. The van der Waals surface area contributed by atoms with E-state index in [0.29, 0.717) is 49.8 Å². The van der Waals surface area contributed by atoms with Crippen LogP contribution in [0.1, 0.15) is 114 Å². The van der Waals surface area contributed by atoms with Crippen molar-refractivity contribution < 1.29 is 24.0 Å². The van der Waals surface area contributed by atoms with Gasteiger partial charge in [0, 0.05) is 121 Å². The lowest BCUT2D eigenvalue weighted by atomic mass is 9.70. The van der Waals surface area contributed by atoms with Gasteiger partial charge in [-0.1, -0.05) is 32.9 Å². The molecule has 3 fully saturated rings. The van der Waals surface area contributed by atoms with Crippen molar-refractivity contribution in [3.63, 3.8) is 0 Å². The number of H-pyrrole nitrogens is 1. The number of piperazine rings is 1. The van der Waals surface area contributed by atoms with E-state index >= 15 is 0 Å². The number of hydrogen-bond acceptors (Lipinski definition) is 10. The number of rotatable bonds is 12. The number of imide groups is 1. The molecule has 63 heavy (non-hydrogen) atoms. The maximum absolute atomic E-state index is 14.1. The van der Waals surface area contributed by atoms with Crippen LogP contribution in [0.4, 0.5) is 11.4 Å². The zero-order valence-electron chi connectivity index (χ0n) is 36.6. The Morgan fingerprint density at radius 1 is 0.921 bits per heavy atom. The van der Waals surface area contributed by atoms with Gasteiger partial charge in [0.25, 0.3) is 5.91 Å². The fourth-order valence-corrected chi connectivity index (χ4v) is 10.6. The standard InChI is InChI=1S/C49H57N9O5/c1-4-31-25-35-37(49(2,3)46-44(45(35)61)34-11-10-30(27-50)24-39(34)53-46)26-41(31)57-18-14-32(15-19-57)56-22-20-55(21-23-56)29-43(60)52-17-6-5-16-51-38-9-7-8-33-36(38)28-58(48(33)63)40-12-13-42(59)54-47(40)62/h7-11,24-26,32,40,51,53H,4-6,12-23,28-29H2,1-3H3,(H,52,60)(H,54,59,62).